The van der Waals surface area contributed by atoms with Gasteiger partial charge in [-0.2, -0.15) is 0 Å². The van der Waals surface area contributed by atoms with Crippen molar-refractivity contribution in [1.82, 2.24) is 5.32 Å². The molecule has 2 aliphatic rings. The van der Waals surface area contributed by atoms with E-state index in [-0.39, 0.29) is 5.82 Å². The van der Waals surface area contributed by atoms with E-state index < -0.39 is 0 Å². The molecule has 0 aromatic heterocycles. The van der Waals surface area contributed by atoms with Gasteiger partial charge in [0.05, 0.1) is 6.61 Å². The molecule has 21 heavy (non-hydrogen) atoms. The van der Waals surface area contributed by atoms with Crippen LogP contribution >= 0.6 is 0 Å². The molecule has 0 amide bonds. The lowest BCUT2D eigenvalue weighted by Crippen LogP contribution is -2.30. The minimum Gasteiger partial charge on any atom is -0.383 e. The van der Waals surface area contributed by atoms with Crippen LogP contribution in [0.3, 0.4) is 0 Å². The highest BCUT2D eigenvalue weighted by Crippen LogP contribution is 2.39. The van der Waals surface area contributed by atoms with E-state index in [2.05, 4.69) is 10.2 Å². The van der Waals surface area contributed by atoms with E-state index in [1.54, 1.807) is 19.2 Å². The lowest BCUT2D eigenvalue weighted by Gasteiger charge is -2.27. The quantitative estimate of drug-likeness (QED) is 0.708. The summed E-state index contributed by atoms with van der Waals surface area (Å²) in [5, 5.41) is 3.34. The normalized spacial score (nSPS) is 18.0. The van der Waals surface area contributed by atoms with Crippen LogP contribution in [0, 0.1) is 11.7 Å². The van der Waals surface area contributed by atoms with Crippen molar-refractivity contribution in [3.8, 4) is 0 Å². The van der Waals surface area contributed by atoms with Gasteiger partial charge >= 0.3 is 0 Å². The van der Waals surface area contributed by atoms with Gasteiger partial charge in [-0.15, -0.1) is 0 Å². The molecule has 0 spiro atoms. The van der Waals surface area contributed by atoms with E-state index >= 15 is 0 Å². The van der Waals surface area contributed by atoms with Crippen molar-refractivity contribution in [2.75, 3.05) is 31.7 Å². The van der Waals surface area contributed by atoms with E-state index in [0.717, 1.165) is 24.6 Å². The Hall–Kier alpha value is -1.13. The number of nitrogens with zero attached hydrogens (tertiary/aromatic N) is 1. The molecule has 0 aliphatic heterocycles. The number of nitrogens with one attached hydrogen (secondary N) is 1. The van der Waals surface area contributed by atoms with Gasteiger partial charge in [0.25, 0.3) is 0 Å². The fraction of sp³-hybridized carbons (Fsp3) is 0.647. The second-order valence-corrected chi connectivity index (χ2v) is 6.27. The minimum absolute atomic E-state index is 0.149. The number of anilines is 1. The fourth-order valence-electron chi connectivity index (χ4n) is 2.78. The molecule has 2 fully saturated rings. The van der Waals surface area contributed by atoms with Crippen molar-refractivity contribution in [2.24, 2.45) is 5.92 Å². The molecule has 0 heterocycles. The van der Waals surface area contributed by atoms with Crippen LogP contribution in [0.4, 0.5) is 10.1 Å². The first-order valence-corrected chi connectivity index (χ1v) is 8.02. The molecule has 0 saturated heterocycles. The molecule has 3 rings (SSSR count). The maximum atomic E-state index is 13.6. The number of benzene rings is 1. The highest BCUT2D eigenvalue weighted by Gasteiger charge is 2.34. The Kier molecular flexibility index (Phi) is 4.76. The Morgan fingerprint density at radius 1 is 1.29 bits per heavy atom. The first-order valence-electron chi connectivity index (χ1n) is 8.02. The van der Waals surface area contributed by atoms with E-state index in [0.29, 0.717) is 19.2 Å². The minimum atomic E-state index is -0.149. The van der Waals surface area contributed by atoms with Gasteiger partial charge in [-0.1, -0.05) is 0 Å². The van der Waals surface area contributed by atoms with Gasteiger partial charge in [-0.3, -0.25) is 0 Å². The Morgan fingerprint density at radius 3 is 2.76 bits per heavy atom. The summed E-state index contributed by atoms with van der Waals surface area (Å²) in [5.74, 6) is 0.703. The molecule has 0 unspecified atom stereocenters. The van der Waals surface area contributed by atoms with Crippen molar-refractivity contribution in [3.63, 3.8) is 0 Å². The molecule has 0 bridgehead atoms. The fourth-order valence-corrected chi connectivity index (χ4v) is 2.78. The van der Waals surface area contributed by atoms with Crippen LogP contribution in [-0.4, -0.2) is 32.8 Å². The van der Waals surface area contributed by atoms with E-state index in [1.165, 1.54) is 31.4 Å². The van der Waals surface area contributed by atoms with E-state index in [1.807, 2.05) is 6.07 Å². The Labute approximate surface area is 126 Å². The summed E-state index contributed by atoms with van der Waals surface area (Å²) < 4.78 is 18.6. The first-order chi connectivity index (χ1) is 10.3. The van der Waals surface area contributed by atoms with Gasteiger partial charge in [-0.05, 0) is 55.4 Å². The maximum absolute atomic E-state index is 13.6. The third kappa shape index (κ3) is 4.17. The second-order valence-electron chi connectivity index (χ2n) is 6.27. The van der Waals surface area contributed by atoms with Gasteiger partial charge in [0.15, 0.2) is 0 Å². The Bertz CT molecular complexity index is 472. The molecule has 1 aromatic rings. The van der Waals surface area contributed by atoms with E-state index in [9.17, 15) is 4.39 Å². The molecule has 0 radical (unpaired) electrons. The zero-order valence-electron chi connectivity index (χ0n) is 12.8. The van der Waals surface area contributed by atoms with Crippen LogP contribution in [0.1, 0.15) is 31.2 Å². The number of hydrogen-bond donors (Lipinski definition) is 1. The van der Waals surface area contributed by atoms with Gasteiger partial charge in [0, 0.05) is 38.5 Å². The number of methoxy groups -OCH3 is 1. The lowest BCUT2D eigenvalue weighted by atomic mass is 10.1. The van der Waals surface area contributed by atoms with Crippen LogP contribution in [0.15, 0.2) is 18.2 Å². The van der Waals surface area contributed by atoms with Crippen LogP contribution in [0.2, 0.25) is 0 Å². The molecule has 1 N–H and O–H groups in total. The molecule has 1 aromatic carbocycles. The third-order valence-corrected chi connectivity index (χ3v) is 4.29. The number of hydrogen-bond acceptors (Lipinski definition) is 3. The Morgan fingerprint density at radius 2 is 2.10 bits per heavy atom. The van der Waals surface area contributed by atoms with Crippen LogP contribution in [-0.2, 0) is 11.3 Å². The zero-order chi connectivity index (χ0) is 14.7. The monoisotopic (exact) mass is 292 g/mol. The highest BCUT2D eigenvalue weighted by molar-refractivity contribution is 5.55. The molecule has 116 valence electrons. The van der Waals surface area contributed by atoms with Crippen molar-refractivity contribution in [2.45, 2.75) is 38.3 Å². The number of ether oxygens (including phenoxy) is 1. The number of halogens is 1. The SMILES string of the molecule is COCCNCc1cc(F)ccc1N(CC1CC1)C1CC1. The van der Waals surface area contributed by atoms with Crippen molar-refractivity contribution >= 4 is 5.69 Å². The van der Waals surface area contributed by atoms with Crippen molar-refractivity contribution in [1.29, 1.82) is 0 Å². The van der Waals surface area contributed by atoms with E-state index in [4.69, 9.17) is 4.74 Å². The summed E-state index contributed by atoms with van der Waals surface area (Å²) >= 11 is 0. The standard InChI is InChI=1S/C17H25FN2O/c1-21-9-8-19-11-14-10-15(18)4-7-17(14)20(16-5-6-16)12-13-2-3-13/h4,7,10,13,16,19H,2-3,5-6,8-9,11-12H2,1H3. The summed E-state index contributed by atoms with van der Waals surface area (Å²) in [7, 11) is 1.69. The van der Waals surface area contributed by atoms with Crippen LogP contribution in [0.5, 0.6) is 0 Å². The predicted octanol–water partition coefficient (Wildman–Crippen LogP) is 2.94. The van der Waals surface area contributed by atoms with Gasteiger partial charge < -0.3 is 15.0 Å². The Balaban J connectivity index is 1.71. The number of rotatable bonds is 9. The van der Waals surface area contributed by atoms with Gasteiger partial charge in [0.1, 0.15) is 5.82 Å². The summed E-state index contributed by atoms with van der Waals surface area (Å²) in [6.45, 7) is 3.31. The summed E-state index contributed by atoms with van der Waals surface area (Å²) in [6.07, 6.45) is 5.26. The summed E-state index contributed by atoms with van der Waals surface area (Å²) in [6, 6.07) is 5.91. The summed E-state index contributed by atoms with van der Waals surface area (Å²) in [5.41, 5.74) is 2.29. The predicted molar refractivity (Wildman–Crippen MR) is 83.1 cm³/mol. The van der Waals surface area contributed by atoms with Crippen LogP contribution < -0.4 is 10.2 Å². The molecular weight excluding hydrogens is 267 g/mol. The van der Waals surface area contributed by atoms with Crippen LogP contribution in [0.25, 0.3) is 0 Å². The average molecular weight is 292 g/mol. The van der Waals surface area contributed by atoms with Crippen molar-refractivity contribution in [3.05, 3.63) is 29.6 Å². The molecule has 2 aliphatic carbocycles. The average Bonchev–Trinajstić information content (AvgIpc) is 3.36. The smallest absolute Gasteiger partial charge is 0.123 e. The molecular formula is C17H25FN2O. The molecule has 0 atom stereocenters. The second kappa shape index (κ2) is 6.75. The largest absolute Gasteiger partial charge is 0.383 e. The van der Waals surface area contributed by atoms with Crippen molar-refractivity contribution < 1.29 is 9.13 Å². The third-order valence-electron chi connectivity index (χ3n) is 4.29. The maximum Gasteiger partial charge on any atom is 0.123 e. The van der Waals surface area contributed by atoms with Gasteiger partial charge in [0.2, 0.25) is 0 Å². The van der Waals surface area contributed by atoms with Gasteiger partial charge in [-0.25, -0.2) is 4.39 Å². The summed E-state index contributed by atoms with van der Waals surface area (Å²) in [4.78, 5) is 2.52. The zero-order valence-corrected chi connectivity index (χ0v) is 12.8. The topological polar surface area (TPSA) is 24.5 Å². The molecule has 2 saturated carbocycles. The molecule has 3 nitrogen and oxygen atoms in total. The first kappa shape index (κ1) is 14.8. The highest BCUT2D eigenvalue weighted by atomic mass is 19.1. The lowest BCUT2D eigenvalue weighted by molar-refractivity contribution is 0.199. The molecule has 4 heteroatoms.